The van der Waals surface area contributed by atoms with Crippen LogP contribution >= 0.6 is 0 Å². The molecule has 3 N–H and O–H groups in total. The standard InChI is InChI=1S/C13H18N2O3/c1-3-4-8(2)7-17-11-6-10-12(5-9(11)14)18-13(16)15-10/h5-6,8H,3-4,7,14H2,1-2H3,(H,15,16). The Labute approximate surface area is 105 Å². The van der Waals surface area contributed by atoms with Gasteiger partial charge < -0.3 is 14.9 Å². The second-order valence-corrected chi connectivity index (χ2v) is 4.61. The molecule has 1 unspecified atom stereocenters. The summed E-state index contributed by atoms with van der Waals surface area (Å²) in [5.74, 6) is 0.580. The predicted octanol–water partition coefficient (Wildman–Crippen LogP) is 2.52. The molecule has 5 nitrogen and oxygen atoms in total. The van der Waals surface area contributed by atoms with Crippen LogP contribution in [0.1, 0.15) is 26.7 Å². The molecule has 0 aliphatic carbocycles. The average molecular weight is 250 g/mol. The Balaban J connectivity index is 2.17. The molecule has 2 aromatic rings. The Morgan fingerprint density at radius 1 is 1.50 bits per heavy atom. The summed E-state index contributed by atoms with van der Waals surface area (Å²) in [5, 5.41) is 0. The second-order valence-electron chi connectivity index (χ2n) is 4.61. The first-order valence-electron chi connectivity index (χ1n) is 6.15. The van der Waals surface area contributed by atoms with E-state index in [0.717, 1.165) is 12.8 Å². The van der Waals surface area contributed by atoms with Crippen LogP contribution in [0.3, 0.4) is 0 Å². The first-order valence-corrected chi connectivity index (χ1v) is 6.15. The summed E-state index contributed by atoms with van der Waals surface area (Å²) < 4.78 is 10.6. The van der Waals surface area contributed by atoms with Crippen molar-refractivity contribution in [3.05, 3.63) is 22.7 Å². The molecule has 0 saturated carbocycles. The normalized spacial score (nSPS) is 12.8. The minimum atomic E-state index is -0.485. The first-order chi connectivity index (χ1) is 8.60. The second kappa shape index (κ2) is 5.16. The molecule has 0 aliphatic heterocycles. The van der Waals surface area contributed by atoms with E-state index in [0.29, 0.717) is 35.1 Å². The molecule has 98 valence electrons. The van der Waals surface area contributed by atoms with E-state index in [1.165, 1.54) is 0 Å². The highest BCUT2D eigenvalue weighted by atomic mass is 16.5. The number of nitrogens with one attached hydrogen (secondary N) is 1. The van der Waals surface area contributed by atoms with Gasteiger partial charge in [-0.1, -0.05) is 20.3 Å². The van der Waals surface area contributed by atoms with Crippen LogP contribution in [0.5, 0.6) is 5.75 Å². The van der Waals surface area contributed by atoms with Crippen LogP contribution in [0, 0.1) is 5.92 Å². The quantitative estimate of drug-likeness (QED) is 0.799. The van der Waals surface area contributed by atoms with Gasteiger partial charge in [0.25, 0.3) is 0 Å². The van der Waals surface area contributed by atoms with Gasteiger partial charge in [0.2, 0.25) is 0 Å². The zero-order chi connectivity index (χ0) is 13.1. The van der Waals surface area contributed by atoms with Gasteiger partial charge in [0.15, 0.2) is 5.58 Å². The van der Waals surface area contributed by atoms with E-state index < -0.39 is 5.76 Å². The highest BCUT2D eigenvalue weighted by Crippen LogP contribution is 2.27. The van der Waals surface area contributed by atoms with Gasteiger partial charge in [-0.15, -0.1) is 0 Å². The zero-order valence-electron chi connectivity index (χ0n) is 10.7. The highest BCUT2D eigenvalue weighted by Gasteiger charge is 2.09. The maximum atomic E-state index is 11.1. The Morgan fingerprint density at radius 2 is 2.28 bits per heavy atom. The summed E-state index contributed by atoms with van der Waals surface area (Å²) in [6.07, 6.45) is 2.25. The number of fused-ring (bicyclic) bond motifs is 1. The number of nitrogen functional groups attached to an aromatic ring is 1. The van der Waals surface area contributed by atoms with Crippen LogP contribution in [-0.2, 0) is 0 Å². The van der Waals surface area contributed by atoms with E-state index in [1.807, 2.05) is 0 Å². The van der Waals surface area contributed by atoms with Crippen LogP contribution in [0.4, 0.5) is 5.69 Å². The molecule has 0 saturated heterocycles. The summed E-state index contributed by atoms with van der Waals surface area (Å²) in [5.41, 5.74) is 7.39. The van der Waals surface area contributed by atoms with E-state index in [4.69, 9.17) is 14.9 Å². The van der Waals surface area contributed by atoms with E-state index >= 15 is 0 Å². The van der Waals surface area contributed by atoms with Crippen molar-refractivity contribution in [2.75, 3.05) is 12.3 Å². The molecule has 1 heterocycles. The number of aromatic nitrogens is 1. The van der Waals surface area contributed by atoms with E-state index in [9.17, 15) is 4.79 Å². The summed E-state index contributed by atoms with van der Waals surface area (Å²) in [6, 6.07) is 3.31. The number of H-pyrrole nitrogens is 1. The molecule has 1 aromatic carbocycles. The first kappa shape index (κ1) is 12.5. The third-order valence-corrected chi connectivity index (χ3v) is 2.86. The van der Waals surface area contributed by atoms with Crippen LogP contribution in [0.15, 0.2) is 21.3 Å². The minimum Gasteiger partial charge on any atom is -0.491 e. The average Bonchev–Trinajstić information content (AvgIpc) is 2.65. The van der Waals surface area contributed by atoms with Crippen molar-refractivity contribution < 1.29 is 9.15 Å². The lowest BCUT2D eigenvalue weighted by Gasteiger charge is -2.13. The number of rotatable bonds is 5. The molecule has 5 heteroatoms. The molecular weight excluding hydrogens is 232 g/mol. The molecule has 0 bridgehead atoms. The molecule has 0 radical (unpaired) electrons. The summed E-state index contributed by atoms with van der Waals surface area (Å²) in [6.45, 7) is 4.90. The van der Waals surface area contributed by atoms with Crippen LogP contribution in [0.2, 0.25) is 0 Å². The van der Waals surface area contributed by atoms with Crippen molar-refractivity contribution in [2.24, 2.45) is 5.92 Å². The zero-order valence-corrected chi connectivity index (χ0v) is 10.7. The fourth-order valence-corrected chi connectivity index (χ4v) is 1.93. The van der Waals surface area contributed by atoms with E-state index in [-0.39, 0.29) is 0 Å². The molecule has 1 atom stereocenters. The van der Waals surface area contributed by atoms with Crippen molar-refractivity contribution in [1.29, 1.82) is 0 Å². The third-order valence-electron chi connectivity index (χ3n) is 2.86. The Morgan fingerprint density at radius 3 is 3.00 bits per heavy atom. The number of hydrogen-bond acceptors (Lipinski definition) is 4. The number of ether oxygens (including phenoxy) is 1. The van der Waals surface area contributed by atoms with E-state index in [1.54, 1.807) is 12.1 Å². The summed E-state index contributed by atoms with van der Waals surface area (Å²) >= 11 is 0. The Kier molecular flexibility index (Phi) is 3.60. The summed E-state index contributed by atoms with van der Waals surface area (Å²) in [7, 11) is 0. The molecule has 0 fully saturated rings. The maximum absolute atomic E-state index is 11.1. The topological polar surface area (TPSA) is 81.2 Å². The molecule has 1 aromatic heterocycles. The molecule has 2 rings (SSSR count). The fourth-order valence-electron chi connectivity index (χ4n) is 1.93. The van der Waals surface area contributed by atoms with Crippen LogP contribution in [0.25, 0.3) is 11.1 Å². The fraction of sp³-hybridized carbons (Fsp3) is 0.462. The van der Waals surface area contributed by atoms with Gasteiger partial charge in [0.05, 0.1) is 17.8 Å². The number of oxazole rings is 1. The lowest BCUT2D eigenvalue weighted by Crippen LogP contribution is -2.09. The number of anilines is 1. The van der Waals surface area contributed by atoms with Crippen molar-refractivity contribution in [1.82, 2.24) is 4.98 Å². The molecule has 18 heavy (non-hydrogen) atoms. The monoisotopic (exact) mass is 250 g/mol. The van der Waals surface area contributed by atoms with Gasteiger partial charge in [0, 0.05) is 12.1 Å². The molecular formula is C13H18N2O3. The van der Waals surface area contributed by atoms with Gasteiger partial charge in [-0.25, -0.2) is 4.79 Å². The van der Waals surface area contributed by atoms with Gasteiger partial charge >= 0.3 is 5.76 Å². The Bertz CT molecular complexity index is 585. The third kappa shape index (κ3) is 2.67. The number of benzene rings is 1. The van der Waals surface area contributed by atoms with E-state index in [2.05, 4.69) is 18.8 Å². The highest BCUT2D eigenvalue weighted by molar-refractivity contribution is 5.80. The maximum Gasteiger partial charge on any atom is 0.417 e. The van der Waals surface area contributed by atoms with Gasteiger partial charge in [-0.2, -0.15) is 0 Å². The van der Waals surface area contributed by atoms with Crippen molar-refractivity contribution >= 4 is 16.8 Å². The lowest BCUT2D eigenvalue weighted by molar-refractivity contribution is 0.253. The SMILES string of the molecule is CCCC(C)COc1cc2[nH]c(=O)oc2cc1N. The lowest BCUT2D eigenvalue weighted by atomic mass is 10.1. The van der Waals surface area contributed by atoms with Crippen molar-refractivity contribution in [3.8, 4) is 5.75 Å². The Hall–Kier alpha value is -1.91. The number of aromatic amines is 1. The molecule has 0 amide bonds. The molecule has 0 spiro atoms. The predicted molar refractivity (Wildman–Crippen MR) is 70.8 cm³/mol. The number of nitrogens with two attached hydrogens (primary N) is 1. The van der Waals surface area contributed by atoms with Crippen molar-refractivity contribution in [2.45, 2.75) is 26.7 Å². The van der Waals surface area contributed by atoms with Crippen LogP contribution in [-0.4, -0.2) is 11.6 Å². The minimum absolute atomic E-state index is 0.450. The van der Waals surface area contributed by atoms with Crippen LogP contribution < -0.4 is 16.2 Å². The van der Waals surface area contributed by atoms with Gasteiger partial charge in [-0.3, -0.25) is 4.98 Å². The molecule has 0 aliphatic rings. The van der Waals surface area contributed by atoms with Crippen molar-refractivity contribution in [3.63, 3.8) is 0 Å². The largest absolute Gasteiger partial charge is 0.491 e. The number of hydrogen-bond donors (Lipinski definition) is 2. The van der Waals surface area contributed by atoms with Gasteiger partial charge in [-0.05, 0) is 12.3 Å². The summed E-state index contributed by atoms with van der Waals surface area (Å²) in [4.78, 5) is 13.6. The van der Waals surface area contributed by atoms with Gasteiger partial charge in [0.1, 0.15) is 5.75 Å². The smallest absolute Gasteiger partial charge is 0.417 e.